The Bertz CT molecular complexity index is 491. The van der Waals surface area contributed by atoms with Crippen LogP contribution in [0.2, 0.25) is 19.6 Å². The molecule has 2 unspecified atom stereocenters. The molecule has 0 spiro atoms. The molecule has 3 heteroatoms. The molecule has 0 aliphatic carbocycles. The third-order valence-corrected chi connectivity index (χ3v) is 7.73. The Hall–Kier alpha value is -0.643. The molecule has 2 saturated heterocycles. The zero-order valence-corrected chi connectivity index (χ0v) is 14.9. The molecule has 2 bridgehead atoms. The fourth-order valence-corrected chi connectivity index (χ4v) is 5.33. The number of aliphatic hydroxyl groups is 1. The number of rotatable bonds is 2. The number of nitrogens with zero attached hydrogens (tertiary/aromatic N) is 1. The summed E-state index contributed by atoms with van der Waals surface area (Å²) in [7, 11) is 0.985. The van der Waals surface area contributed by atoms with E-state index in [0.29, 0.717) is 12.1 Å². The number of hydrogen-bond acceptors (Lipinski definition) is 2. The Kier molecular flexibility index (Phi) is 3.79. The highest BCUT2D eigenvalue weighted by atomic mass is 28.3. The van der Waals surface area contributed by atoms with E-state index >= 15 is 0 Å². The topological polar surface area (TPSA) is 23.5 Å². The van der Waals surface area contributed by atoms with Crippen molar-refractivity contribution in [2.24, 2.45) is 0 Å². The van der Waals surface area contributed by atoms with Crippen molar-refractivity contribution in [2.75, 3.05) is 7.05 Å². The van der Waals surface area contributed by atoms with E-state index in [9.17, 15) is 5.11 Å². The van der Waals surface area contributed by atoms with E-state index < -0.39 is 13.7 Å². The van der Waals surface area contributed by atoms with Crippen LogP contribution < -0.4 is 5.19 Å². The van der Waals surface area contributed by atoms with Gasteiger partial charge in [-0.3, -0.25) is 0 Å². The van der Waals surface area contributed by atoms with Crippen molar-refractivity contribution in [1.29, 1.82) is 0 Å². The molecule has 1 N–H and O–H groups in total. The van der Waals surface area contributed by atoms with Gasteiger partial charge < -0.3 is 10.0 Å². The minimum absolute atomic E-state index is 0.555. The second-order valence-electron chi connectivity index (χ2n) is 8.17. The van der Waals surface area contributed by atoms with Crippen molar-refractivity contribution in [3.63, 3.8) is 0 Å². The molecule has 2 heterocycles. The molecule has 2 atom stereocenters. The van der Waals surface area contributed by atoms with Crippen LogP contribution in [0.3, 0.4) is 0 Å². The molecular weight excluding hydrogens is 274 g/mol. The van der Waals surface area contributed by atoms with Crippen molar-refractivity contribution < 1.29 is 5.11 Å². The van der Waals surface area contributed by atoms with Crippen LogP contribution in [-0.2, 0) is 5.60 Å². The first-order chi connectivity index (χ1) is 9.79. The molecule has 2 fully saturated rings. The van der Waals surface area contributed by atoms with Gasteiger partial charge in [-0.2, -0.15) is 0 Å². The monoisotopic (exact) mass is 303 g/mol. The average molecular weight is 304 g/mol. The van der Waals surface area contributed by atoms with Gasteiger partial charge in [-0.1, -0.05) is 55.5 Å². The highest BCUT2D eigenvalue weighted by molar-refractivity contribution is 6.88. The third kappa shape index (κ3) is 2.83. The first-order valence-corrected chi connectivity index (χ1v) is 11.8. The summed E-state index contributed by atoms with van der Waals surface area (Å²) in [5, 5.41) is 12.7. The molecular formula is C18H29NOSi. The molecule has 21 heavy (non-hydrogen) atoms. The van der Waals surface area contributed by atoms with Gasteiger partial charge in [-0.05, 0) is 38.3 Å². The molecule has 116 valence electrons. The van der Waals surface area contributed by atoms with Gasteiger partial charge in [0.1, 0.15) is 0 Å². The lowest BCUT2D eigenvalue weighted by Gasteiger charge is -2.50. The zero-order chi connectivity index (χ0) is 15.3. The first-order valence-electron chi connectivity index (χ1n) is 8.35. The Morgan fingerprint density at radius 3 is 2.05 bits per heavy atom. The summed E-state index contributed by atoms with van der Waals surface area (Å²) in [5.74, 6) is 0. The lowest BCUT2D eigenvalue weighted by molar-refractivity contribution is -0.0874. The molecule has 0 radical (unpaired) electrons. The van der Waals surface area contributed by atoms with Gasteiger partial charge in [-0.25, -0.2) is 0 Å². The molecule has 2 aliphatic heterocycles. The van der Waals surface area contributed by atoms with E-state index in [4.69, 9.17) is 0 Å². The maximum Gasteiger partial charge on any atom is 0.0926 e. The smallest absolute Gasteiger partial charge is 0.0926 e. The van der Waals surface area contributed by atoms with Gasteiger partial charge >= 0.3 is 0 Å². The largest absolute Gasteiger partial charge is 0.385 e. The second-order valence-corrected chi connectivity index (χ2v) is 13.2. The van der Waals surface area contributed by atoms with Crippen LogP contribution in [0.15, 0.2) is 24.3 Å². The number of piperidine rings is 2. The highest BCUT2D eigenvalue weighted by Gasteiger charge is 2.44. The van der Waals surface area contributed by atoms with Crippen molar-refractivity contribution in [3.8, 4) is 0 Å². The predicted molar refractivity (Wildman–Crippen MR) is 91.7 cm³/mol. The Labute approximate surface area is 130 Å². The highest BCUT2D eigenvalue weighted by Crippen LogP contribution is 2.43. The van der Waals surface area contributed by atoms with Crippen LogP contribution in [0, 0.1) is 0 Å². The molecule has 2 aliphatic rings. The Morgan fingerprint density at radius 1 is 1.05 bits per heavy atom. The van der Waals surface area contributed by atoms with Crippen molar-refractivity contribution in [3.05, 3.63) is 29.8 Å². The summed E-state index contributed by atoms with van der Waals surface area (Å²) in [6, 6.07) is 10.0. The first kappa shape index (κ1) is 15.3. The molecule has 3 rings (SSSR count). The van der Waals surface area contributed by atoms with Gasteiger partial charge in [-0.15, -0.1) is 0 Å². The number of hydrogen-bond donors (Lipinski definition) is 1. The van der Waals surface area contributed by atoms with E-state index in [-0.39, 0.29) is 0 Å². The van der Waals surface area contributed by atoms with Crippen molar-refractivity contribution in [2.45, 2.75) is 69.4 Å². The molecule has 2 nitrogen and oxygen atoms in total. The quantitative estimate of drug-likeness (QED) is 0.849. The fraction of sp³-hybridized carbons (Fsp3) is 0.667. The zero-order valence-electron chi connectivity index (χ0n) is 13.9. The van der Waals surface area contributed by atoms with Gasteiger partial charge in [0.25, 0.3) is 0 Å². The predicted octanol–water partition coefficient (Wildman–Crippen LogP) is 3.07. The molecule has 0 saturated carbocycles. The second kappa shape index (κ2) is 5.22. The molecule has 0 aromatic heterocycles. The van der Waals surface area contributed by atoms with Crippen molar-refractivity contribution in [1.82, 2.24) is 4.90 Å². The Balaban J connectivity index is 1.86. The summed E-state index contributed by atoms with van der Waals surface area (Å²) >= 11 is 0. The van der Waals surface area contributed by atoms with E-state index in [2.05, 4.69) is 55.9 Å². The summed E-state index contributed by atoms with van der Waals surface area (Å²) < 4.78 is 0. The van der Waals surface area contributed by atoms with Gasteiger partial charge in [0, 0.05) is 12.1 Å². The average Bonchev–Trinajstić information content (AvgIpc) is 2.40. The van der Waals surface area contributed by atoms with E-state index in [0.717, 1.165) is 18.4 Å². The minimum Gasteiger partial charge on any atom is -0.385 e. The number of fused-ring (bicyclic) bond motifs is 2. The van der Waals surface area contributed by atoms with Gasteiger partial charge in [0.15, 0.2) is 0 Å². The lowest BCUT2D eigenvalue weighted by Crippen LogP contribution is -2.55. The minimum atomic E-state index is -1.25. The summed E-state index contributed by atoms with van der Waals surface area (Å²) in [6.07, 6.45) is 5.59. The van der Waals surface area contributed by atoms with Gasteiger partial charge in [0.05, 0.1) is 13.7 Å². The van der Waals surface area contributed by atoms with Crippen LogP contribution in [0.25, 0.3) is 0 Å². The Morgan fingerprint density at radius 2 is 1.57 bits per heavy atom. The summed E-state index contributed by atoms with van der Waals surface area (Å²) in [4.78, 5) is 2.51. The molecule has 1 aromatic carbocycles. The lowest BCUT2D eigenvalue weighted by atomic mass is 9.73. The van der Waals surface area contributed by atoms with Crippen LogP contribution in [0.5, 0.6) is 0 Å². The van der Waals surface area contributed by atoms with Crippen LogP contribution in [0.1, 0.15) is 37.7 Å². The van der Waals surface area contributed by atoms with E-state index in [1.165, 1.54) is 24.4 Å². The number of benzene rings is 1. The summed E-state index contributed by atoms with van der Waals surface area (Å²) in [5.41, 5.74) is 0.523. The van der Waals surface area contributed by atoms with E-state index in [1.807, 2.05) is 0 Å². The maximum atomic E-state index is 11.2. The summed E-state index contributed by atoms with van der Waals surface area (Å²) in [6.45, 7) is 7.12. The van der Waals surface area contributed by atoms with Gasteiger partial charge in [0.2, 0.25) is 0 Å². The van der Waals surface area contributed by atoms with Crippen LogP contribution in [0.4, 0.5) is 0 Å². The third-order valence-electron chi connectivity index (χ3n) is 5.66. The normalized spacial score (nSPS) is 34.0. The van der Waals surface area contributed by atoms with Crippen LogP contribution >= 0.6 is 0 Å². The maximum absolute atomic E-state index is 11.2. The standard InChI is InChI=1S/C18H29NOSi/c1-19-15-6-5-7-16(19)13-18(20,12-15)14-8-10-17(11-9-14)21(2,3)4/h8-11,15-16,20H,5-7,12-13H2,1-4H3. The molecule has 1 aromatic rings. The fourth-order valence-electron chi connectivity index (χ4n) is 4.17. The van der Waals surface area contributed by atoms with E-state index in [1.54, 1.807) is 0 Å². The SMILES string of the molecule is CN1C2CCCC1CC(O)(c1ccc([Si](C)(C)C)cc1)C2. The van der Waals surface area contributed by atoms with Crippen LogP contribution in [-0.4, -0.2) is 37.2 Å². The molecule has 0 amide bonds. The van der Waals surface area contributed by atoms with Crippen molar-refractivity contribution >= 4 is 13.3 Å².